The van der Waals surface area contributed by atoms with E-state index in [-0.39, 0.29) is 18.9 Å². The molecule has 0 unspecified atom stereocenters. The van der Waals surface area contributed by atoms with E-state index in [0.717, 1.165) is 16.8 Å². The van der Waals surface area contributed by atoms with Gasteiger partial charge in [0.25, 0.3) is 0 Å². The molecule has 0 spiro atoms. The van der Waals surface area contributed by atoms with Crippen LogP contribution in [0, 0.1) is 25.5 Å². The molecule has 31 heavy (non-hydrogen) atoms. The van der Waals surface area contributed by atoms with Crippen molar-refractivity contribution in [2.24, 2.45) is 5.73 Å². The third-order valence-electron chi connectivity index (χ3n) is 6.03. The molecule has 0 saturated carbocycles. The van der Waals surface area contributed by atoms with E-state index in [4.69, 9.17) is 5.73 Å². The number of fused-ring (bicyclic) bond motifs is 2. The Morgan fingerprint density at radius 3 is 2.68 bits per heavy atom. The summed E-state index contributed by atoms with van der Waals surface area (Å²) >= 11 is 0. The molecule has 2 aromatic carbocycles. The number of nitrogens with two attached hydrogens (primary N) is 1. The molecule has 0 fully saturated rings. The highest BCUT2D eigenvalue weighted by atomic mass is 19.1. The number of carbonyl (C=O) groups excluding carboxylic acids is 2. The molecule has 3 aromatic rings. The zero-order valence-electron chi connectivity index (χ0n) is 17.4. The van der Waals surface area contributed by atoms with E-state index >= 15 is 4.39 Å². The molecular weight excluding hydrogens is 400 g/mol. The maximum atomic E-state index is 15.5. The van der Waals surface area contributed by atoms with Crippen molar-refractivity contribution in [3.8, 4) is 11.1 Å². The van der Waals surface area contributed by atoms with Gasteiger partial charge < -0.3 is 15.6 Å². The normalized spacial score (nSPS) is 13.4. The van der Waals surface area contributed by atoms with Crippen molar-refractivity contribution in [1.29, 1.82) is 0 Å². The quantitative estimate of drug-likeness (QED) is 0.626. The predicted octanol–water partition coefficient (Wildman–Crippen LogP) is 3.83. The lowest BCUT2D eigenvalue weighted by Crippen LogP contribution is -2.35. The first-order valence-corrected chi connectivity index (χ1v) is 10.0. The van der Waals surface area contributed by atoms with Crippen LogP contribution in [0.2, 0.25) is 0 Å². The average Bonchev–Trinajstić information content (AvgIpc) is 3.01. The molecule has 0 radical (unpaired) electrons. The van der Waals surface area contributed by atoms with Crippen LogP contribution in [0.15, 0.2) is 30.9 Å². The molecule has 160 valence electrons. The zero-order valence-corrected chi connectivity index (χ0v) is 17.4. The second-order valence-corrected chi connectivity index (χ2v) is 7.97. The minimum absolute atomic E-state index is 0.104. The summed E-state index contributed by atoms with van der Waals surface area (Å²) in [5, 5.41) is 0.617. The van der Waals surface area contributed by atoms with Gasteiger partial charge in [-0.15, -0.1) is 0 Å². The van der Waals surface area contributed by atoms with E-state index in [9.17, 15) is 14.0 Å². The van der Waals surface area contributed by atoms with Crippen LogP contribution in [0.3, 0.4) is 0 Å². The van der Waals surface area contributed by atoms with Crippen LogP contribution in [0.1, 0.15) is 27.9 Å². The summed E-state index contributed by atoms with van der Waals surface area (Å²) in [6.45, 7) is 7.91. The van der Waals surface area contributed by atoms with Crippen molar-refractivity contribution in [3.05, 3.63) is 70.4 Å². The lowest BCUT2D eigenvalue weighted by molar-refractivity contribution is -0.126. The SMILES string of the molecule is C=CC(=O)N1CCc2c(cc(F)cc2-c2c(F)cc(CC(N)=O)c3[nH]c(C)c(C)c23)C1. The number of rotatable bonds is 4. The number of primary amides is 1. The molecule has 2 heterocycles. The van der Waals surface area contributed by atoms with E-state index < -0.39 is 17.5 Å². The number of hydrogen-bond donors (Lipinski definition) is 2. The van der Waals surface area contributed by atoms with Crippen LogP contribution in [0.25, 0.3) is 22.0 Å². The molecule has 0 saturated heterocycles. The van der Waals surface area contributed by atoms with Gasteiger partial charge in [-0.2, -0.15) is 0 Å². The summed E-state index contributed by atoms with van der Waals surface area (Å²) in [5.74, 6) is -1.82. The number of aromatic nitrogens is 1. The van der Waals surface area contributed by atoms with Crippen molar-refractivity contribution < 1.29 is 18.4 Å². The standard InChI is InChI=1S/C24H23F2N3O2/c1-4-21(31)29-6-5-17-15(11-29)7-16(25)10-18(17)23-19(26)8-14(9-20(27)30)24-22(23)12(2)13(3)28-24/h4,7-8,10,28H,1,5-6,9,11H2,2-3H3,(H2,27,30). The van der Waals surface area contributed by atoms with Crippen LogP contribution in [0.5, 0.6) is 0 Å². The number of benzene rings is 2. The number of aryl methyl sites for hydroxylation is 2. The highest BCUT2D eigenvalue weighted by Crippen LogP contribution is 2.40. The fraction of sp³-hybridized carbons (Fsp3) is 0.250. The number of H-pyrrole nitrogens is 1. The zero-order chi connectivity index (χ0) is 22.4. The molecule has 0 atom stereocenters. The minimum Gasteiger partial charge on any atom is -0.369 e. The fourth-order valence-corrected chi connectivity index (χ4v) is 4.48. The second kappa shape index (κ2) is 7.65. The van der Waals surface area contributed by atoms with Crippen LogP contribution in [-0.2, 0) is 29.0 Å². The largest absolute Gasteiger partial charge is 0.369 e. The van der Waals surface area contributed by atoms with E-state index in [1.165, 1.54) is 24.3 Å². The first-order chi connectivity index (χ1) is 14.7. The molecule has 1 aromatic heterocycles. The third-order valence-corrected chi connectivity index (χ3v) is 6.03. The summed E-state index contributed by atoms with van der Waals surface area (Å²) in [5.41, 5.74) is 10.3. The lowest BCUT2D eigenvalue weighted by Gasteiger charge is -2.30. The summed E-state index contributed by atoms with van der Waals surface area (Å²) in [6, 6.07) is 4.04. The average molecular weight is 423 g/mol. The fourth-order valence-electron chi connectivity index (χ4n) is 4.48. The first-order valence-electron chi connectivity index (χ1n) is 10.0. The summed E-state index contributed by atoms with van der Waals surface area (Å²) in [7, 11) is 0. The molecule has 3 N–H and O–H groups in total. The van der Waals surface area contributed by atoms with Gasteiger partial charge >= 0.3 is 0 Å². The van der Waals surface area contributed by atoms with Gasteiger partial charge in [0.1, 0.15) is 11.6 Å². The van der Waals surface area contributed by atoms with E-state index in [1.807, 2.05) is 13.8 Å². The lowest BCUT2D eigenvalue weighted by atomic mass is 9.87. The smallest absolute Gasteiger partial charge is 0.246 e. The number of amides is 2. The van der Waals surface area contributed by atoms with E-state index in [0.29, 0.717) is 46.1 Å². The maximum absolute atomic E-state index is 15.5. The topological polar surface area (TPSA) is 79.2 Å². The molecule has 7 heteroatoms. The number of halogens is 2. The van der Waals surface area contributed by atoms with Crippen molar-refractivity contribution in [1.82, 2.24) is 9.88 Å². The van der Waals surface area contributed by atoms with Crippen molar-refractivity contribution in [3.63, 3.8) is 0 Å². The van der Waals surface area contributed by atoms with Crippen LogP contribution < -0.4 is 5.73 Å². The summed E-state index contributed by atoms with van der Waals surface area (Å²) < 4.78 is 30.1. The Morgan fingerprint density at radius 2 is 2.00 bits per heavy atom. The van der Waals surface area contributed by atoms with E-state index in [2.05, 4.69) is 11.6 Å². The highest BCUT2D eigenvalue weighted by molar-refractivity contribution is 6.02. The molecule has 1 aliphatic rings. The Hall–Kier alpha value is -3.48. The van der Waals surface area contributed by atoms with Crippen LogP contribution in [-0.4, -0.2) is 28.2 Å². The van der Waals surface area contributed by atoms with E-state index in [1.54, 1.807) is 4.90 Å². The third kappa shape index (κ3) is 3.50. The van der Waals surface area contributed by atoms with Gasteiger partial charge in [-0.05, 0) is 72.4 Å². The number of hydrogen-bond acceptors (Lipinski definition) is 2. The van der Waals surface area contributed by atoms with Crippen molar-refractivity contribution >= 4 is 22.7 Å². The molecular formula is C24H23F2N3O2. The molecule has 4 rings (SSSR count). The number of nitrogens with one attached hydrogen (secondary N) is 1. The van der Waals surface area contributed by atoms with Gasteiger partial charge in [0.2, 0.25) is 11.8 Å². The van der Waals surface area contributed by atoms with Gasteiger partial charge in [0.15, 0.2) is 0 Å². The van der Waals surface area contributed by atoms with Crippen molar-refractivity contribution in [2.75, 3.05) is 6.54 Å². The van der Waals surface area contributed by atoms with Crippen LogP contribution in [0.4, 0.5) is 8.78 Å². The Labute approximate surface area is 178 Å². The van der Waals surface area contributed by atoms with Gasteiger partial charge in [-0.25, -0.2) is 8.78 Å². The summed E-state index contributed by atoms with van der Waals surface area (Å²) in [4.78, 5) is 28.4. The molecule has 5 nitrogen and oxygen atoms in total. The van der Waals surface area contributed by atoms with Gasteiger partial charge in [0.05, 0.1) is 11.9 Å². The number of aromatic amines is 1. The predicted molar refractivity (Wildman–Crippen MR) is 115 cm³/mol. The van der Waals surface area contributed by atoms with Gasteiger partial charge in [0, 0.05) is 29.7 Å². The molecule has 0 aliphatic carbocycles. The number of nitrogens with zero attached hydrogens (tertiary/aromatic N) is 1. The Morgan fingerprint density at radius 1 is 1.26 bits per heavy atom. The molecule has 0 bridgehead atoms. The number of carbonyl (C=O) groups is 2. The first kappa shape index (κ1) is 20.8. The van der Waals surface area contributed by atoms with Crippen LogP contribution >= 0.6 is 0 Å². The Kier molecular flexibility index (Phi) is 5.13. The van der Waals surface area contributed by atoms with Gasteiger partial charge in [-0.1, -0.05) is 6.58 Å². The highest BCUT2D eigenvalue weighted by Gasteiger charge is 2.26. The summed E-state index contributed by atoms with van der Waals surface area (Å²) in [6.07, 6.45) is 1.60. The molecule has 1 aliphatic heterocycles. The Balaban J connectivity index is 1.98. The minimum atomic E-state index is -0.562. The second-order valence-electron chi connectivity index (χ2n) is 7.97. The maximum Gasteiger partial charge on any atom is 0.246 e. The monoisotopic (exact) mass is 423 g/mol. The molecule has 2 amide bonds. The Bertz CT molecular complexity index is 1260. The van der Waals surface area contributed by atoms with Gasteiger partial charge in [-0.3, -0.25) is 9.59 Å². The van der Waals surface area contributed by atoms with Crippen molar-refractivity contribution in [2.45, 2.75) is 33.2 Å².